The Bertz CT molecular complexity index is 534. The van der Waals surface area contributed by atoms with Gasteiger partial charge in [0, 0.05) is 24.3 Å². The fraction of sp³-hybridized carbons (Fsp3) is 0.400. The van der Waals surface area contributed by atoms with E-state index in [0.29, 0.717) is 16.7 Å². The first kappa shape index (κ1) is 12.5. The van der Waals surface area contributed by atoms with E-state index >= 15 is 0 Å². The summed E-state index contributed by atoms with van der Waals surface area (Å²) in [5.74, 6) is -0.225. The van der Waals surface area contributed by atoms with Crippen LogP contribution in [-0.4, -0.2) is 32.8 Å². The number of carbonyl (C=O) groups excluding carboxylic acids is 1. The molecule has 1 amide bonds. The maximum Gasteiger partial charge on any atom is 0.282 e. The van der Waals surface area contributed by atoms with Crippen LogP contribution in [0.25, 0.3) is 0 Å². The van der Waals surface area contributed by atoms with Gasteiger partial charge in [0.25, 0.3) is 5.91 Å². The number of carbonyl (C=O) groups is 1. The van der Waals surface area contributed by atoms with Gasteiger partial charge in [-0.1, -0.05) is 11.3 Å². The number of H-pyrrole nitrogens is 1. The summed E-state index contributed by atoms with van der Waals surface area (Å²) >= 11 is 1.24. The standard InChI is InChI=1S/C10H14N6OS/c1-3-11-10-16-15-9(18-10)8(17)12-4-7-5-13-14-6(7)2/h5H,3-4H2,1-2H3,(H,11,16)(H,12,17)(H,13,14). The Kier molecular flexibility index (Phi) is 3.88. The predicted molar refractivity (Wildman–Crippen MR) is 68.6 cm³/mol. The number of aromatic nitrogens is 4. The van der Waals surface area contributed by atoms with Crippen LogP contribution >= 0.6 is 11.3 Å². The maximum absolute atomic E-state index is 11.8. The van der Waals surface area contributed by atoms with Gasteiger partial charge < -0.3 is 10.6 Å². The van der Waals surface area contributed by atoms with Gasteiger partial charge in [0.15, 0.2) is 0 Å². The van der Waals surface area contributed by atoms with Crippen LogP contribution in [0, 0.1) is 6.92 Å². The Hall–Kier alpha value is -1.96. The SMILES string of the molecule is CCNc1nnc(C(=O)NCc2cn[nH]c2C)s1. The molecule has 3 N–H and O–H groups in total. The van der Waals surface area contributed by atoms with Crippen LogP contribution in [0.5, 0.6) is 0 Å². The third-order valence-corrected chi connectivity index (χ3v) is 3.20. The summed E-state index contributed by atoms with van der Waals surface area (Å²) in [4.78, 5) is 11.8. The molecule has 0 aromatic carbocycles. The zero-order chi connectivity index (χ0) is 13.0. The lowest BCUT2D eigenvalue weighted by Crippen LogP contribution is -2.22. The molecule has 2 aromatic rings. The molecule has 2 heterocycles. The van der Waals surface area contributed by atoms with Crippen LogP contribution in [0.1, 0.15) is 28.0 Å². The van der Waals surface area contributed by atoms with Gasteiger partial charge in [-0.25, -0.2) is 0 Å². The molecule has 0 aliphatic heterocycles. The highest BCUT2D eigenvalue weighted by molar-refractivity contribution is 7.17. The highest BCUT2D eigenvalue weighted by atomic mass is 32.1. The van der Waals surface area contributed by atoms with E-state index in [1.54, 1.807) is 6.20 Å². The number of aryl methyl sites for hydroxylation is 1. The minimum absolute atomic E-state index is 0.225. The first-order valence-electron chi connectivity index (χ1n) is 5.55. The molecule has 2 rings (SSSR count). The van der Waals surface area contributed by atoms with Crippen molar-refractivity contribution in [2.75, 3.05) is 11.9 Å². The average molecular weight is 266 g/mol. The van der Waals surface area contributed by atoms with Crippen molar-refractivity contribution < 1.29 is 4.79 Å². The van der Waals surface area contributed by atoms with E-state index in [1.807, 2.05) is 13.8 Å². The largest absolute Gasteiger partial charge is 0.360 e. The van der Waals surface area contributed by atoms with E-state index in [0.717, 1.165) is 17.8 Å². The van der Waals surface area contributed by atoms with Crippen molar-refractivity contribution in [2.24, 2.45) is 0 Å². The number of anilines is 1. The van der Waals surface area contributed by atoms with Crippen molar-refractivity contribution in [3.8, 4) is 0 Å². The summed E-state index contributed by atoms with van der Waals surface area (Å²) in [7, 11) is 0. The maximum atomic E-state index is 11.8. The van der Waals surface area contributed by atoms with E-state index < -0.39 is 0 Å². The Morgan fingerprint density at radius 3 is 3.00 bits per heavy atom. The monoisotopic (exact) mass is 266 g/mol. The highest BCUT2D eigenvalue weighted by Gasteiger charge is 2.12. The Morgan fingerprint density at radius 2 is 2.33 bits per heavy atom. The van der Waals surface area contributed by atoms with E-state index in [2.05, 4.69) is 31.0 Å². The van der Waals surface area contributed by atoms with E-state index in [-0.39, 0.29) is 5.91 Å². The number of amides is 1. The molecular weight excluding hydrogens is 252 g/mol. The first-order valence-corrected chi connectivity index (χ1v) is 6.36. The number of nitrogens with zero attached hydrogens (tertiary/aromatic N) is 3. The quantitative estimate of drug-likeness (QED) is 0.748. The van der Waals surface area contributed by atoms with Crippen LogP contribution in [0.3, 0.4) is 0 Å². The molecular formula is C10H14N6OS. The molecule has 8 heteroatoms. The van der Waals surface area contributed by atoms with Crippen molar-refractivity contribution in [3.05, 3.63) is 22.5 Å². The van der Waals surface area contributed by atoms with Gasteiger partial charge >= 0.3 is 0 Å². The van der Waals surface area contributed by atoms with Gasteiger partial charge in [-0.05, 0) is 13.8 Å². The van der Waals surface area contributed by atoms with Gasteiger partial charge in [0.2, 0.25) is 10.1 Å². The van der Waals surface area contributed by atoms with Crippen LogP contribution in [0.15, 0.2) is 6.20 Å². The summed E-state index contributed by atoms with van der Waals surface area (Å²) in [6.07, 6.45) is 1.69. The van der Waals surface area contributed by atoms with Crippen molar-refractivity contribution in [1.82, 2.24) is 25.7 Å². The Labute approximate surface area is 108 Å². The lowest BCUT2D eigenvalue weighted by Gasteiger charge is -2.00. The Balaban J connectivity index is 1.93. The Morgan fingerprint density at radius 1 is 1.50 bits per heavy atom. The van der Waals surface area contributed by atoms with E-state index in [4.69, 9.17) is 0 Å². The molecule has 0 radical (unpaired) electrons. The molecule has 7 nitrogen and oxygen atoms in total. The van der Waals surface area contributed by atoms with E-state index in [1.165, 1.54) is 11.3 Å². The summed E-state index contributed by atoms with van der Waals surface area (Å²) < 4.78 is 0. The third kappa shape index (κ3) is 2.83. The van der Waals surface area contributed by atoms with Gasteiger partial charge in [-0.2, -0.15) is 5.10 Å². The predicted octanol–water partition coefficient (Wildman–Crippen LogP) is 0.931. The van der Waals surface area contributed by atoms with Crippen LogP contribution in [0.2, 0.25) is 0 Å². The van der Waals surface area contributed by atoms with Crippen molar-refractivity contribution in [2.45, 2.75) is 20.4 Å². The first-order chi connectivity index (χ1) is 8.70. The summed E-state index contributed by atoms with van der Waals surface area (Å²) in [5, 5.41) is 21.2. The molecule has 0 fully saturated rings. The molecule has 0 bridgehead atoms. The number of hydrogen-bond acceptors (Lipinski definition) is 6. The molecule has 0 aliphatic rings. The van der Waals surface area contributed by atoms with Crippen LogP contribution < -0.4 is 10.6 Å². The lowest BCUT2D eigenvalue weighted by atomic mass is 10.2. The fourth-order valence-electron chi connectivity index (χ4n) is 1.34. The number of aromatic amines is 1. The second-order valence-corrected chi connectivity index (χ2v) is 4.62. The second-order valence-electron chi connectivity index (χ2n) is 3.65. The van der Waals surface area contributed by atoms with Crippen molar-refractivity contribution >= 4 is 22.4 Å². The second kappa shape index (κ2) is 5.58. The molecule has 2 aromatic heterocycles. The van der Waals surface area contributed by atoms with Gasteiger partial charge in [0.05, 0.1) is 6.20 Å². The molecule has 96 valence electrons. The molecule has 0 saturated heterocycles. The van der Waals surface area contributed by atoms with E-state index in [9.17, 15) is 4.79 Å². The zero-order valence-corrected chi connectivity index (χ0v) is 11.0. The zero-order valence-electron chi connectivity index (χ0n) is 10.1. The summed E-state index contributed by atoms with van der Waals surface area (Å²) in [6.45, 7) is 5.05. The minimum atomic E-state index is -0.225. The highest BCUT2D eigenvalue weighted by Crippen LogP contribution is 2.14. The average Bonchev–Trinajstić information content (AvgIpc) is 2.96. The van der Waals surface area contributed by atoms with Crippen LogP contribution in [0.4, 0.5) is 5.13 Å². The van der Waals surface area contributed by atoms with Crippen molar-refractivity contribution in [1.29, 1.82) is 0 Å². The van der Waals surface area contributed by atoms with Gasteiger partial charge in [0.1, 0.15) is 0 Å². The molecule has 0 aliphatic carbocycles. The molecule has 0 atom stereocenters. The van der Waals surface area contributed by atoms with Gasteiger partial charge in [-0.15, -0.1) is 10.2 Å². The molecule has 0 saturated carbocycles. The summed E-state index contributed by atoms with van der Waals surface area (Å²) in [5.41, 5.74) is 1.90. The van der Waals surface area contributed by atoms with Gasteiger partial charge in [-0.3, -0.25) is 9.89 Å². The molecule has 18 heavy (non-hydrogen) atoms. The molecule has 0 spiro atoms. The normalized spacial score (nSPS) is 10.3. The molecule has 0 unspecified atom stereocenters. The van der Waals surface area contributed by atoms with Crippen LogP contribution in [-0.2, 0) is 6.54 Å². The fourth-order valence-corrected chi connectivity index (χ4v) is 2.07. The number of nitrogens with one attached hydrogen (secondary N) is 3. The number of rotatable bonds is 5. The van der Waals surface area contributed by atoms with Crippen molar-refractivity contribution in [3.63, 3.8) is 0 Å². The third-order valence-electron chi connectivity index (χ3n) is 2.32. The topological polar surface area (TPSA) is 95.6 Å². The summed E-state index contributed by atoms with van der Waals surface area (Å²) in [6, 6.07) is 0. The lowest BCUT2D eigenvalue weighted by molar-refractivity contribution is 0.0950. The minimum Gasteiger partial charge on any atom is -0.360 e. The smallest absolute Gasteiger partial charge is 0.282 e. The number of hydrogen-bond donors (Lipinski definition) is 3.